The molecule has 1 saturated heterocycles. The lowest BCUT2D eigenvalue weighted by Crippen LogP contribution is -2.50. The Morgan fingerprint density at radius 3 is 2.12 bits per heavy atom. The first-order valence-corrected chi connectivity index (χ1v) is 10.4. The lowest BCUT2D eigenvalue weighted by molar-refractivity contribution is -0.117. The Labute approximate surface area is 185 Å². The van der Waals surface area contributed by atoms with Crippen molar-refractivity contribution in [3.05, 3.63) is 84.3 Å². The van der Waals surface area contributed by atoms with Crippen molar-refractivity contribution in [3.63, 3.8) is 0 Å². The largest absolute Gasteiger partial charge is 0.459 e. The maximum Gasteiger partial charge on any atom is 0.291 e. The third kappa shape index (κ3) is 5.41. The highest BCUT2D eigenvalue weighted by Gasteiger charge is 2.23. The first-order valence-electron chi connectivity index (χ1n) is 10.4. The molecule has 0 spiro atoms. The monoisotopic (exact) mass is 432 g/mol. The number of nitrogens with one attached hydrogen (secondary N) is 2. The number of hydrogen-bond donors (Lipinski definition) is 2. The van der Waals surface area contributed by atoms with Crippen LogP contribution < -0.4 is 10.6 Å². The standard InChI is InChI=1S/C24H24N4O4/c29-22(25-19-5-2-1-3-6-19)17-27-12-14-28(15-13-27)24(31)18-8-10-20(11-9-18)26-23(30)21-7-4-16-32-21/h1-11,16H,12-15,17H2,(H,25,29)(H,26,30). The van der Waals surface area contributed by atoms with Crippen LogP contribution in [-0.2, 0) is 4.79 Å². The summed E-state index contributed by atoms with van der Waals surface area (Å²) in [7, 11) is 0. The zero-order chi connectivity index (χ0) is 22.3. The van der Waals surface area contributed by atoms with Crippen LogP contribution in [0.5, 0.6) is 0 Å². The number of hydrogen-bond acceptors (Lipinski definition) is 5. The fourth-order valence-corrected chi connectivity index (χ4v) is 3.51. The average Bonchev–Trinajstić information content (AvgIpc) is 3.36. The SMILES string of the molecule is O=C(CN1CCN(C(=O)c2ccc(NC(=O)c3ccco3)cc2)CC1)Nc1ccccc1. The molecule has 1 aliphatic heterocycles. The molecule has 32 heavy (non-hydrogen) atoms. The number of furan rings is 1. The number of anilines is 2. The van der Waals surface area contributed by atoms with E-state index >= 15 is 0 Å². The predicted octanol–water partition coefficient (Wildman–Crippen LogP) is 2.93. The number of rotatable bonds is 6. The minimum Gasteiger partial charge on any atom is -0.459 e. The van der Waals surface area contributed by atoms with E-state index in [1.54, 1.807) is 41.3 Å². The number of nitrogens with zero attached hydrogens (tertiary/aromatic N) is 2. The van der Waals surface area contributed by atoms with Gasteiger partial charge in [0.15, 0.2) is 5.76 Å². The van der Waals surface area contributed by atoms with Crippen LogP contribution in [0.15, 0.2) is 77.4 Å². The van der Waals surface area contributed by atoms with Gasteiger partial charge in [0.2, 0.25) is 5.91 Å². The molecule has 164 valence electrons. The van der Waals surface area contributed by atoms with E-state index in [4.69, 9.17) is 4.42 Å². The first kappa shape index (κ1) is 21.3. The molecule has 0 saturated carbocycles. The molecule has 2 N–H and O–H groups in total. The van der Waals surface area contributed by atoms with Gasteiger partial charge in [-0.15, -0.1) is 0 Å². The quantitative estimate of drug-likeness (QED) is 0.625. The molecule has 0 atom stereocenters. The second-order valence-electron chi connectivity index (χ2n) is 7.49. The molecule has 2 heterocycles. The molecular formula is C24H24N4O4. The number of para-hydroxylation sites is 1. The minimum atomic E-state index is -0.346. The summed E-state index contributed by atoms with van der Waals surface area (Å²) < 4.78 is 5.07. The van der Waals surface area contributed by atoms with Crippen molar-refractivity contribution in [2.24, 2.45) is 0 Å². The molecule has 8 heteroatoms. The van der Waals surface area contributed by atoms with Crippen molar-refractivity contribution >= 4 is 29.1 Å². The Hall–Kier alpha value is -3.91. The molecule has 1 fully saturated rings. The maximum atomic E-state index is 12.8. The smallest absolute Gasteiger partial charge is 0.291 e. The molecule has 3 amide bonds. The van der Waals surface area contributed by atoms with E-state index in [1.807, 2.05) is 35.2 Å². The summed E-state index contributed by atoms with van der Waals surface area (Å²) in [6.07, 6.45) is 1.44. The van der Waals surface area contributed by atoms with E-state index in [2.05, 4.69) is 10.6 Å². The highest BCUT2D eigenvalue weighted by Crippen LogP contribution is 2.15. The van der Waals surface area contributed by atoms with Crippen LogP contribution in [0.1, 0.15) is 20.9 Å². The van der Waals surface area contributed by atoms with Crippen molar-refractivity contribution < 1.29 is 18.8 Å². The van der Waals surface area contributed by atoms with E-state index in [0.717, 1.165) is 5.69 Å². The van der Waals surface area contributed by atoms with Gasteiger partial charge in [0.25, 0.3) is 11.8 Å². The first-order chi connectivity index (χ1) is 15.6. The molecule has 0 aliphatic carbocycles. The molecule has 2 aromatic carbocycles. The number of carbonyl (C=O) groups is 3. The Kier molecular flexibility index (Phi) is 6.62. The Balaban J connectivity index is 1.25. The summed E-state index contributed by atoms with van der Waals surface area (Å²) in [5, 5.41) is 5.61. The summed E-state index contributed by atoms with van der Waals surface area (Å²) in [5.74, 6) is -0.257. The van der Waals surface area contributed by atoms with Gasteiger partial charge in [0.1, 0.15) is 0 Å². The Morgan fingerprint density at radius 2 is 1.47 bits per heavy atom. The minimum absolute atomic E-state index is 0.0665. The zero-order valence-electron chi connectivity index (χ0n) is 17.5. The maximum absolute atomic E-state index is 12.8. The topological polar surface area (TPSA) is 94.9 Å². The summed E-state index contributed by atoms with van der Waals surface area (Å²) in [5.41, 5.74) is 1.91. The average molecular weight is 432 g/mol. The summed E-state index contributed by atoms with van der Waals surface area (Å²) in [6.45, 7) is 2.65. The van der Waals surface area contributed by atoms with E-state index in [0.29, 0.717) is 44.0 Å². The van der Waals surface area contributed by atoms with Gasteiger partial charge in [-0.05, 0) is 48.5 Å². The number of amides is 3. The summed E-state index contributed by atoms with van der Waals surface area (Å²) in [4.78, 5) is 40.9. The van der Waals surface area contributed by atoms with E-state index in [1.165, 1.54) is 6.26 Å². The van der Waals surface area contributed by atoms with Gasteiger partial charge < -0.3 is 20.0 Å². The summed E-state index contributed by atoms with van der Waals surface area (Å²) in [6, 6.07) is 19.3. The van der Waals surface area contributed by atoms with Crippen molar-refractivity contribution in [1.82, 2.24) is 9.80 Å². The number of benzene rings is 2. The van der Waals surface area contributed by atoms with Gasteiger partial charge in [-0.3, -0.25) is 19.3 Å². The van der Waals surface area contributed by atoms with Crippen LogP contribution in [0.4, 0.5) is 11.4 Å². The molecule has 0 radical (unpaired) electrons. The van der Waals surface area contributed by atoms with Crippen LogP contribution in [0.3, 0.4) is 0 Å². The van der Waals surface area contributed by atoms with Gasteiger partial charge in [-0.1, -0.05) is 18.2 Å². The van der Waals surface area contributed by atoms with Gasteiger partial charge in [0.05, 0.1) is 12.8 Å². The van der Waals surface area contributed by atoms with Crippen molar-refractivity contribution in [2.45, 2.75) is 0 Å². The lowest BCUT2D eigenvalue weighted by atomic mass is 10.1. The molecule has 8 nitrogen and oxygen atoms in total. The van der Waals surface area contributed by atoms with E-state index in [-0.39, 0.29) is 23.5 Å². The third-order valence-electron chi connectivity index (χ3n) is 5.22. The molecular weight excluding hydrogens is 408 g/mol. The fraction of sp³-hybridized carbons (Fsp3) is 0.208. The Morgan fingerprint density at radius 1 is 0.781 bits per heavy atom. The number of carbonyl (C=O) groups excluding carboxylic acids is 3. The zero-order valence-corrected chi connectivity index (χ0v) is 17.5. The van der Waals surface area contributed by atoms with Crippen LogP contribution in [0.25, 0.3) is 0 Å². The van der Waals surface area contributed by atoms with Crippen LogP contribution in [0, 0.1) is 0 Å². The second kappa shape index (κ2) is 9.93. The fourth-order valence-electron chi connectivity index (χ4n) is 3.51. The van der Waals surface area contributed by atoms with Crippen LogP contribution in [0.2, 0.25) is 0 Å². The molecule has 0 unspecified atom stereocenters. The van der Waals surface area contributed by atoms with Crippen LogP contribution >= 0.6 is 0 Å². The molecule has 1 aromatic heterocycles. The van der Waals surface area contributed by atoms with Gasteiger partial charge >= 0.3 is 0 Å². The van der Waals surface area contributed by atoms with Gasteiger partial charge in [-0.2, -0.15) is 0 Å². The highest BCUT2D eigenvalue weighted by atomic mass is 16.3. The highest BCUT2D eigenvalue weighted by molar-refractivity contribution is 6.02. The predicted molar refractivity (Wildman–Crippen MR) is 121 cm³/mol. The van der Waals surface area contributed by atoms with Crippen molar-refractivity contribution in [1.29, 1.82) is 0 Å². The number of piperazine rings is 1. The third-order valence-corrected chi connectivity index (χ3v) is 5.22. The van der Waals surface area contributed by atoms with E-state index < -0.39 is 0 Å². The second-order valence-corrected chi connectivity index (χ2v) is 7.49. The van der Waals surface area contributed by atoms with Gasteiger partial charge in [0, 0.05) is 43.1 Å². The molecule has 0 bridgehead atoms. The van der Waals surface area contributed by atoms with Gasteiger partial charge in [-0.25, -0.2) is 0 Å². The molecule has 3 aromatic rings. The normalized spacial score (nSPS) is 14.1. The van der Waals surface area contributed by atoms with Crippen LogP contribution in [-0.4, -0.2) is 60.2 Å². The van der Waals surface area contributed by atoms with Crippen molar-refractivity contribution in [2.75, 3.05) is 43.4 Å². The van der Waals surface area contributed by atoms with E-state index in [9.17, 15) is 14.4 Å². The van der Waals surface area contributed by atoms with Crippen molar-refractivity contribution in [3.8, 4) is 0 Å². The summed E-state index contributed by atoms with van der Waals surface area (Å²) >= 11 is 0. The lowest BCUT2D eigenvalue weighted by Gasteiger charge is -2.34. The Bertz CT molecular complexity index is 1060. The molecule has 4 rings (SSSR count). The molecule has 1 aliphatic rings.